The molecule has 1 amide bonds. The zero-order valence-electron chi connectivity index (χ0n) is 15.8. The highest BCUT2D eigenvalue weighted by Gasteiger charge is 2.12. The van der Waals surface area contributed by atoms with E-state index in [0.29, 0.717) is 18.5 Å². The third-order valence-corrected chi connectivity index (χ3v) is 4.72. The van der Waals surface area contributed by atoms with Crippen LogP contribution in [0.4, 0.5) is 0 Å². The van der Waals surface area contributed by atoms with E-state index in [1.807, 2.05) is 61.7 Å². The van der Waals surface area contributed by atoms with Gasteiger partial charge in [0.1, 0.15) is 5.82 Å². The lowest BCUT2D eigenvalue weighted by molar-refractivity contribution is 0.0955. The topological polar surface area (TPSA) is 59.8 Å². The Morgan fingerprint density at radius 2 is 1.86 bits per heavy atom. The SMILES string of the molecule is Cc1cc(C(=O)NCCc2nccn2Cc2ccccc2)c2ccccc2n1. The number of hydrogen-bond donors (Lipinski definition) is 1. The smallest absolute Gasteiger partial charge is 0.252 e. The Morgan fingerprint density at radius 3 is 2.71 bits per heavy atom. The van der Waals surface area contributed by atoms with Gasteiger partial charge in [0, 0.05) is 43.0 Å². The third kappa shape index (κ3) is 3.93. The molecule has 0 aliphatic rings. The van der Waals surface area contributed by atoms with Gasteiger partial charge in [-0.25, -0.2) is 4.98 Å². The molecule has 0 aliphatic carbocycles. The Bertz CT molecular complexity index is 1100. The van der Waals surface area contributed by atoms with Crippen LogP contribution < -0.4 is 5.32 Å². The molecule has 1 N–H and O–H groups in total. The van der Waals surface area contributed by atoms with Crippen LogP contribution in [0.1, 0.15) is 27.4 Å². The number of fused-ring (bicyclic) bond motifs is 1. The molecule has 2 aromatic heterocycles. The van der Waals surface area contributed by atoms with Gasteiger partial charge < -0.3 is 9.88 Å². The number of nitrogens with zero attached hydrogens (tertiary/aromatic N) is 3. The summed E-state index contributed by atoms with van der Waals surface area (Å²) in [5, 5.41) is 3.90. The van der Waals surface area contributed by atoms with Gasteiger partial charge in [-0.15, -0.1) is 0 Å². The second-order valence-electron chi connectivity index (χ2n) is 6.79. The van der Waals surface area contributed by atoms with Gasteiger partial charge in [-0.3, -0.25) is 9.78 Å². The third-order valence-electron chi connectivity index (χ3n) is 4.72. The van der Waals surface area contributed by atoms with Crippen LogP contribution in [-0.4, -0.2) is 27.0 Å². The number of hydrogen-bond acceptors (Lipinski definition) is 3. The molecule has 4 aromatic rings. The van der Waals surface area contributed by atoms with Crippen LogP contribution in [0.2, 0.25) is 0 Å². The van der Waals surface area contributed by atoms with Crippen LogP contribution in [0.25, 0.3) is 10.9 Å². The van der Waals surface area contributed by atoms with Gasteiger partial charge in [-0.05, 0) is 24.6 Å². The van der Waals surface area contributed by atoms with Crippen LogP contribution in [0.5, 0.6) is 0 Å². The van der Waals surface area contributed by atoms with E-state index in [9.17, 15) is 4.79 Å². The Balaban J connectivity index is 1.43. The van der Waals surface area contributed by atoms with E-state index in [4.69, 9.17) is 0 Å². The van der Waals surface area contributed by atoms with Gasteiger partial charge >= 0.3 is 0 Å². The van der Waals surface area contributed by atoms with Gasteiger partial charge in [0.05, 0.1) is 11.1 Å². The summed E-state index contributed by atoms with van der Waals surface area (Å²) in [6.45, 7) is 3.21. The predicted molar refractivity (Wildman–Crippen MR) is 110 cm³/mol. The van der Waals surface area contributed by atoms with Crippen molar-refractivity contribution in [3.8, 4) is 0 Å². The number of amides is 1. The lowest BCUT2D eigenvalue weighted by Gasteiger charge is -2.10. The molecule has 5 heteroatoms. The van der Waals surface area contributed by atoms with Crippen LogP contribution in [0, 0.1) is 6.92 Å². The number of aryl methyl sites for hydroxylation is 1. The minimum atomic E-state index is -0.0807. The van der Waals surface area contributed by atoms with Gasteiger partial charge in [-0.2, -0.15) is 0 Å². The quantitative estimate of drug-likeness (QED) is 0.562. The molecule has 2 aromatic carbocycles. The molecule has 0 atom stereocenters. The number of nitrogens with one attached hydrogen (secondary N) is 1. The van der Waals surface area contributed by atoms with Crippen molar-refractivity contribution in [2.75, 3.05) is 6.54 Å². The van der Waals surface area contributed by atoms with Crippen molar-refractivity contribution >= 4 is 16.8 Å². The number of imidazole rings is 1. The molecule has 0 bridgehead atoms. The number of carbonyl (C=O) groups is 1. The predicted octanol–water partition coefficient (Wildman–Crippen LogP) is 3.76. The molecule has 28 heavy (non-hydrogen) atoms. The molecule has 0 aliphatic heterocycles. The lowest BCUT2D eigenvalue weighted by Crippen LogP contribution is -2.27. The van der Waals surface area contributed by atoms with Crippen LogP contribution in [0.15, 0.2) is 73.1 Å². The summed E-state index contributed by atoms with van der Waals surface area (Å²) in [5.74, 6) is 0.878. The molecule has 0 saturated carbocycles. The Labute approximate surface area is 164 Å². The maximum Gasteiger partial charge on any atom is 0.252 e. The fourth-order valence-corrected chi connectivity index (χ4v) is 3.37. The van der Waals surface area contributed by atoms with Crippen LogP contribution in [0.3, 0.4) is 0 Å². The molecule has 0 radical (unpaired) electrons. The van der Waals surface area contributed by atoms with E-state index in [0.717, 1.165) is 29.0 Å². The molecule has 5 nitrogen and oxygen atoms in total. The molecule has 4 rings (SSSR count). The number of rotatable bonds is 6. The highest BCUT2D eigenvalue weighted by Crippen LogP contribution is 2.18. The first-order chi connectivity index (χ1) is 13.7. The fraction of sp³-hybridized carbons (Fsp3) is 0.174. The zero-order chi connectivity index (χ0) is 19.3. The standard InChI is InChI=1S/C23H22N4O/c1-17-15-20(19-9-5-6-10-21(19)26-17)23(28)25-12-11-22-24-13-14-27(22)16-18-7-3-2-4-8-18/h2-10,13-15H,11-12,16H2,1H3,(H,25,28). The molecule has 0 unspecified atom stereocenters. The Hall–Kier alpha value is -3.47. The molecular formula is C23H22N4O. The van der Waals surface area contributed by atoms with E-state index in [1.165, 1.54) is 5.56 Å². The average Bonchev–Trinajstić information content (AvgIpc) is 3.15. The van der Waals surface area contributed by atoms with E-state index >= 15 is 0 Å². The summed E-state index contributed by atoms with van der Waals surface area (Å²) in [4.78, 5) is 21.7. The molecule has 2 heterocycles. The highest BCUT2D eigenvalue weighted by atomic mass is 16.1. The number of carbonyl (C=O) groups excluding carboxylic acids is 1. The van der Waals surface area contributed by atoms with Crippen molar-refractivity contribution in [2.24, 2.45) is 0 Å². The van der Waals surface area contributed by atoms with Gasteiger partial charge in [0.2, 0.25) is 0 Å². The van der Waals surface area contributed by atoms with Crippen molar-refractivity contribution in [1.82, 2.24) is 19.9 Å². The summed E-state index contributed by atoms with van der Waals surface area (Å²) in [6.07, 6.45) is 4.46. The normalized spacial score (nSPS) is 10.9. The lowest BCUT2D eigenvalue weighted by atomic mass is 10.1. The molecule has 0 spiro atoms. The second kappa shape index (κ2) is 8.05. The van der Waals surface area contributed by atoms with Gasteiger partial charge in [-0.1, -0.05) is 48.5 Å². The van der Waals surface area contributed by atoms with E-state index in [1.54, 1.807) is 6.20 Å². The molecule has 140 valence electrons. The number of benzene rings is 2. The van der Waals surface area contributed by atoms with E-state index in [2.05, 4.69) is 32.0 Å². The summed E-state index contributed by atoms with van der Waals surface area (Å²) < 4.78 is 2.12. The number of aromatic nitrogens is 3. The van der Waals surface area contributed by atoms with Gasteiger partial charge in [0.15, 0.2) is 0 Å². The van der Waals surface area contributed by atoms with Gasteiger partial charge in [0.25, 0.3) is 5.91 Å². The van der Waals surface area contributed by atoms with E-state index in [-0.39, 0.29) is 5.91 Å². The largest absolute Gasteiger partial charge is 0.352 e. The number of pyridine rings is 1. The molecule has 0 fully saturated rings. The number of para-hydroxylation sites is 1. The highest BCUT2D eigenvalue weighted by molar-refractivity contribution is 6.06. The maximum absolute atomic E-state index is 12.7. The summed E-state index contributed by atoms with van der Waals surface area (Å²) in [7, 11) is 0. The average molecular weight is 370 g/mol. The Kier molecular flexibility index (Phi) is 5.15. The van der Waals surface area contributed by atoms with Crippen molar-refractivity contribution in [1.29, 1.82) is 0 Å². The summed E-state index contributed by atoms with van der Waals surface area (Å²) in [5.41, 5.74) is 3.56. The van der Waals surface area contributed by atoms with Crippen molar-refractivity contribution < 1.29 is 4.79 Å². The fourth-order valence-electron chi connectivity index (χ4n) is 3.37. The first-order valence-electron chi connectivity index (χ1n) is 9.39. The summed E-state index contributed by atoms with van der Waals surface area (Å²) >= 11 is 0. The van der Waals surface area contributed by atoms with Crippen LogP contribution >= 0.6 is 0 Å². The first kappa shape index (κ1) is 17.9. The summed E-state index contributed by atoms with van der Waals surface area (Å²) in [6, 6.07) is 19.8. The minimum absolute atomic E-state index is 0.0807. The first-order valence-corrected chi connectivity index (χ1v) is 9.39. The molecular weight excluding hydrogens is 348 g/mol. The van der Waals surface area contributed by atoms with E-state index < -0.39 is 0 Å². The second-order valence-corrected chi connectivity index (χ2v) is 6.79. The minimum Gasteiger partial charge on any atom is -0.352 e. The van der Waals surface area contributed by atoms with Crippen LogP contribution in [-0.2, 0) is 13.0 Å². The molecule has 0 saturated heterocycles. The van der Waals surface area contributed by atoms with Crippen molar-refractivity contribution in [3.05, 3.63) is 95.7 Å². The maximum atomic E-state index is 12.7. The Morgan fingerprint density at radius 1 is 1.07 bits per heavy atom. The zero-order valence-corrected chi connectivity index (χ0v) is 15.8. The monoisotopic (exact) mass is 370 g/mol. The van der Waals surface area contributed by atoms with Crippen molar-refractivity contribution in [3.63, 3.8) is 0 Å². The van der Waals surface area contributed by atoms with Crippen molar-refractivity contribution in [2.45, 2.75) is 19.9 Å².